The monoisotopic (exact) mass is 299 g/mol. The lowest BCUT2D eigenvalue weighted by molar-refractivity contribution is 0.454. The summed E-state index contributed by atoms with van der Waals surface area (Å²) in [5.74, 6) is 1.09. The predicted octanol–water partition coefficient (Wildman–Crippen LogP) is 4.00. The number of hydrogen-bond donors (Lipinski definition) is 1. The molecule has 2 rings (SSSR count). The highest BCUT2D eigenvalue weighted by atomic mass is 79.9. The number of hydrogen-bond acceptors (Lipinski definition) is 3. The van der Waals surface area contributed by atoms with Crippen LogP contribution in [0.4, 0.5) is 0 Å². The van der Waals surface area contributed by atoms with Crippen LogP contribution in [0.15, 0.2) is 41.1 Å². The molecular weight excluding hydrogens is 293 g/mol. The fraction of sp³-hybridized carbons (Fsp3) is 0. The van der Waals surface area contributed by atoms with Gasteiger partial charge in [-0.25, -0.2) is 0 Å². The maximum absolute atomic E-state index is 9.34. The number of rotatable bonds is 2. The van der Waals surface area contributed by atoms with Gasteiger partial charge < -0.3 is 9.84 Å². The number of pyridine rings is 1. The zero-order valence-electron chi connectivity index (χ0n) is 8.02. The summed E-state index contributed by atoms with van der Waals surface area (Å²) in [7, 11) is 0. The first-order valence-electron chi connectivity index (χ1n) is 4.41. The first kappa shape index (κ1) is 11.2. The van der Waals surface area contributed by atoms with E-state index in [1.165, 1.54) is 12.1 Å². The van der Waals surface area contributed by atoms with E-state index in [0.29, 0.717) is 16.5 Å². The standard InChI is InChI=1S/C11H7BrClNO2/c12-7-1-11(6-14-5-7)16-10-3-8(13)2-9(15)4-10/h1-6,15H. The van der Waals surface area contributed by atoms with E-state index in [1.54, 1.807) is 24.5 Å². The second kappa shape index (κ2) is 4.72. The average Bonchev–Trinajstić information content (AvgIpc) is 2.15. The molecule has 0 fully saturated rings. The van der Waals surface area contributed by atoms with Gasteiger partial charge >= 0.3 is 0 Å². The van der Waals surface area contributed by atoms with Gasteiger partial charge in [-0.2, -0.15) is 0 Å². The molecule has 0 radical (unpaired) electrons. The SMILES string of the molecule is Oc1cc(Cl)cc(Oc2cncc(Br)c2)c1. The summed E-state index contributed by atoms with van der Waals surface area (Å²) in [6, 6.07) is 6.30. The van der Waals surface area contributed by atoms with Crippen LogP contribution < -0.4 is 4.74 Å². The number of nitrogens with zero attached hydrogens (tertiary/aromatic N) is 1. The molecule has 1 aromatic heterocycles. The topological polar surface area (TPSA) is 42.4 Å². The Hall–Kier alpha value is -1.26. The van der Waals surface area contributed by atoms with Gasteiger partial charge in [-0.15, -0.1) is 0 Å². The molecule has 5 heteroatoms. The van der Waals surface area contributed by atoms with Gasteiger partial charge in [-0.1, -0.05) is 11.6 Å². The Morgan fingerprint density at radius 1 is 1.12 bits per heavy atom. The van der Waals surface area contributed by atoms with Crippen molar-refractivity contribution in [2.45, 2.75) is 0 Å². The van der Waals surface area contributed by atoms with Gasteiger partial charge in [0.25, 0.3) is 0 Å². The number of aromatic nitrogens is 1. The van der Waals surface area contributed by atoms with Crippen molar-refractivity contribution in [1.82, 2.24) is 4.98 Å². The lowest BCUT2D eigenvalue weighted by Gasteiger charge is -2.06. The summed E-state index contributed by atoms with van der Waals surface area (Å²) >= 11 is 9.07. The number of ether oxygens (including phenoxy) is 1. The largest absolute Gasteiger partial charge is 0.508 e. The summed E-state index contributed by atoms with van der Waals surface area (Å²) in [4.78, 5) is 3.96. The van der Waals surface area contributed by atoms with Crippen LogP contribution in [0.25, 0.3) is 0 Å². The van der Waals surface area contributed by atoms with E-state index in [0.717, 1.165) is 4.47 Å². The van der Waals surface area contributed by atoms with Crippen molar-refractivity contribution in [2.24, 2.45) is 0 Å². The Morgan fingerprint density at radius 3 is 2.62 bits per heavy atom. The zero-order chi connectivity index (χ0) is 11.5. The van der Waals surface area contributed by atoms with Crippen molar-refractivity contribution in [1.29, 1.82) is 0 Å². The average molecular weight is 301 g/mol. The second-order valence-electron chi connectivity index (χ2n) is 3.09. The van der Waals surface area contributed by atoms with E-state index in [4.69, 9.17) is 16.3 Å². The highest BCUT2D eigenvalue weighted by Crippen LogP contribution is 2.29. The highest BCUT2D eigenvalue weighted by Gasteiger charge is 2.02. The minimum atomic E-state index is 0.0606. The lowest BCUT2D eigenvalue weighted by atomic mass is 10.3. The summed E-state index contributed by atoms with van der Waals surface area (Å²) in [5, 5.41) is 9.75. The molecule has 0 spiro atoms. The molecule has 0 unspecified atom stereocenters. The van der Waals surface area contributed by atoms with Crippen LogP contribution in [-0.4, -0.2) is 10.1 Å². The minimum Gasteiger partial charge on any atom is -0.508 e. The molecule has 2 aromatic rings. The minimum absolute atomic E-state index is 0.0606. The van der Waals surface area contributed by atoms with Crippen LogP contribution in [-0.2, 0) is 0 Å². The normalized spacial score (nSPS) is 10.1. The molecule has 1 N–H and O–H groups in total. The van der Waals surface area contributed by atoms with Crippen LogP contribution in [0.1, 0.15) is 0 Å². The van der Waals surface area contributed by atoms with Crippen LogP contribution in [0, 0.1) is 0 Å². The van der Waals surface area contributed by atoms with Gasteiger partial charge in [0.2, 0.25) is 0 Å². The van der Waals surface area contributed by atoms with E-state index in [9.17, 15) is 5.11 Å². The van der Waals surface area contributed by atoms with E-state index in [1.807, 2.05) is 0 Å². The first-order chi connectivity index (χ1) is 7.63. The molecule has 16 heavy (non-hydrogen) atoms. The molecule has 1 aromatic carbocycles. The highest BCUT2D eigenvalue weighted by molar-refractivity contribution is 9.10. The summed E-state index contributed by atoms with van der Waals surface area (Å²) < 4.78 is 6.30. The summed E-state index contributed by atoms with van der Waals surface area (Å²) in [5.41, 5.74) is 0. The van der Waals surface area contributed by atoms with E-state index >= 15 is 0 Å². The zero-order valence-corrected chi connectivity index (χ0v) is 10.4. The smallest absolute Gasteiger partial charge is 0.146 e. The molecule has 0 aliphatic carbocycles. The van der Waals surface area contributed by atoms with Gasteiger partial charge in [0.15, 0.2) is 0 Å². The molecule has 0 amide bonds. The van der Waals surface area contributed by atoms with Crippen molar-refractivity contribution >= 4 is 27.5 Å². The number of benzene rings is 1. The molecule has 1 heterocycles. The van der Waals surface area contributed by atoms with Crippen LogP contribution in [0.3, 0.4) is 0 Å². The fourth-order valence-electron chi connectivity index (χ4n) is 1.19. The Balaban J connectivity index is 2.27. The molecular formula is C11H7BrClNO2. The Kier molecular flexibility index (Phi) is 3.31. The molecule has 0 atom stereocenters. The third-order valence-corrected chi connectivity index (χ3v) is 2.42. The third-order valence-electron chi connectivity index (χ3n) is 1.77. The van der Waals surface area contributed by atoms with E-state index < -0.39 is 0 Å². The van der Waals surface area contributed by atoms with Crippen molar-refractivity contribution in [3.05, 3.63) is 46.2 Å². The third kappa shape index (κ3) is 2.87. The quantitative estimate of drug-likeness (QED) is 0.911. The fourth-order valence-corrected chi connectivity index (χ4v) is 1.75. The van der Waals surface area contributed by atoms with Gasteiger partial charge in [0, 0.05) is 21.8 Å². The molecule has 0 saturated heterocycles. The van der Waals surface area contributed by atoms with Crippen molar-refractivity contribution in [2.75, 3.05) is 0 Å². The molecule has 82 valence electrons. The van der Waals surface area contributed by atoms with Crippen molar-refractivity contribution in [3.63, 3.8) is 0 Å². The van der Waals surface area contributed by atoms with Gasteiger partial charge in [-0.05, 0) is 34.1 Å². The predicted molar refractivity (Wildman–Crippen MR) is 65.1 cm³/mol. The lowest BCUT2D eigenvalue weighted by Crippen LogP contribution is -1.85. The summed E-state index contributed by atoms with van der Waals surface area (Å²) in [6.45, 7) is 0. The molecule has 0 saturated carbocycles. The summed E-state index contributed by atoms with van der Waals surface area (Å²) in [6.07, 6.45) is 3.23. The van der Waals surface area contributed by atoms with E-state index in [-0.39, 0.29) is 5.75 Å². The first-order valence-corrected chi connectivity index (χ1v) is 5.58. The maximum atomic E-state index is 9.34. The van der Waals surface area contributed by atoms with Gasteiger partial charge in [-0.3, -0.25) is 4.98 Å². The molecule has 0 aliphatic rings. The van der Waals surface area contributed by atoms with Crippen LogP contribution in [0.5, 0.6) is 17.2 Å². The number of phenols is 1. The van der Waals surface area contributed by atoms with Crippen LogP contribution in [0.2, 0.25) is 5.02 Å². The molecule has 0 aliphatic heterocycles. The number of halogens is 2. The van der Waals surface area contributed by atoms with Crippen LogP contribution >= 0.6 is 27.5 Å². The van der Waals surface area contributed by atoms with Crippen molar-refractivity contribution < 1.29 is 9.84 Å². The Bertz CT molecular complexity index is 499. The van der Waals surface area contributed by atoms with Gasteiger partial charge in [0.05, 0.1) is 6.20 Å². The molecule has 0 bridgehead atoms. The maximum Gasteiger partial charge on any atom is 0.146 e. The van der Waals surface area contributed by atoms with Crippen molar-refractivity contribution in [3.8, 4) is 17.2 Å². The number of aromatic hydroxyl groups is 1. The van der Waals surface area contributed by atoms with Gasteiger partial charge in [0.1, 0.15) is 17.2 Å². The van der Waals surface area contributed by atoms with E-state index in [2.05, 4.69) is 20.9 Å². The Labute approximate surface area is 106 Å². The second-order valence-corrected chi connectivity index (χ2v) is 4.44. The Morgan fingerprint density at radius 2 is 1.94 bits per heavy atom. The number of phenolic OH excluding ortho intramolecular Hbond substituents is 1. The molecule has 3 nitrogen and oxygen atoms in total.